The van der Waals surface area contributed by atoms with E-state index in [1.165, 1.54) is 141 Å². The summed E-state index contributed by atoms with van der Waals surface area (Å²) in [6, 6.07) is 0. The van der Waals surface area contributed by atoms with Crippen LogP contribution in [-0.4, -0.2) is 37.2 Å². The molecular formula is C59H104O6. The highest BCUT2D eigenvalue weighted by Crippen LogP contribution is 2.15. The normalized spacial score (nSPS) is 12.5. The third-order valence-corrected chi connectivity index (χ3v) is 12.0. The van der Waals surface area contributed by atoms with Crippen LogP contribution in [0.4, 0.5) is 0 Å². The van der Waals surface area contributed by atoms with E-state index in [0.717, 1.165) is 96.3 Å². The molecule has 0 unspecified atom stereocenters. The number of esters is 3. The fraction of sp³-hybridized carbons (Fsp3) is 0.780. The summed E-state index contributed by atoms with van der Waals surface area (Å²) in [5, 5.41) is 0. The van der Waals surface area contributed by atoms with E-state index in [1.54, 1.807) is 0 Å². The molecule has 0 N–H and O–H groups in total. The molecular weight excluding hydrogens is 805 g/mol. The van der Waals surface area contributed by atoms with Crippen molar-refractivity contribution >= 4 is 17.9 Å². The van der Waals surface area contributed by atoms with Gasteiger partial charge in [0.1, 0.15) is 13.2 Å². The number of allylic oxidation sites excluding steroid dienone is 10. The maximum absolute atomic E-state index is 12.8. The minimum absolute atomic E-state index is 0.0855. The van der Waals surface area contributed by atoms with Gasteiger partial charge in [0.15, 0.2) is 6.10 Å². The van der Waals surface area contributed by atoms with Crippen molar-refractivity contribution < 1.29 is 28.6 Å². The van der Waals surface area contributed by atoms with Crippen molar-refractivity contribution in [1.82, 2.24) is 0 Å². The molecule has 0 heterocycles. The predicted molar refractivity (Wildman–Crippen MR) is 279 cm³/mol. The van der Waals surface area contributed by atoms with Crippen molar-refractivity contribution in [2.75, 3.05) is 13.2 Å². The Balaban J connectivity index is 4.42. The quantitative estimate of drug-likeness (QED) is 0.0262. The van der Waals surface area contributed by atoms with Gasteiger partial charge in [0.05, 0.1) is 0 Å². The molecule has 0 aromatic heterocycles. The van der Waals surface area contributed by atoms with Gasteiger partial charge in [0.25, 0.3) is 0 Å². The first-order valence-corrected chi connectivity index (χ1v) is 27.8. The number of rotatable bonds is 50. The molecule has 0 aliphatic carbocycles. The smallest absolute Gasteiger partial charge is 0.306 e. The third-order valence-electron chi connectivity index (χ3n) is 12.0. The van der Waals surface area contributed by atoms with Crippen LogP contribution in [0.15, 0.2) is 60.8 Å². The van der Waals surface area contributed by atoms with E-state index in [0.29, 0.717) is 19.3 Å². The first-order valence-electron chi connectivity index (χ1n) is 27.8. The molecule has 0 saturated heterocycles. The van der Waals surface area contributed by atoms with Crippen LogP contribution in [0.5, 0.6) is 0 Å². The largest absolute Gasteiger partial charge is 0.462 e. The van der Waals surface area contributed by atoms with Crippen LogP contribution in [-0.2, 0) is 28.6 Å². The zero-order chi connectivity index (χ0) is 47.2. The van der Waals surface area contributed by atoms with Crippen molar-refractivity contribution in [2.45, 2.75) is 284 Å². The van der Waals surface area contributed by atoms with Crippen molar-refractivity contribution in [3.8, 4) is 0 Å². The lowest BCUT2D eigenvalue weighted by Crippen LogP contribution is -2.30. The summed E-state index contributed by atoms with van der Waals surface area (Å²) >= 11 is 0. The fourth-order valence-electron chi connectivity index (χ4n) is 7.77. The van der Waals surface area contributed by atoms with Crippen LogP contribution in [0.1, 0.15) is 278 Å². The molecule has 0 saturated carbocycles. The van der Waals surface area contributed by atoms with Gasteiger partial charge in [-0.1, -0.05) is 229 Å². The van der Waals surface area contributed by atoms with Crippen molar-refractivity contribution in [3.05, 3.63) is 60.8 Å². The second-order valence-corrected chi connectivity index (χ2v) is 18.5. The molecule has 0 aliphatic rings. The average molecular weight is 909 g/mol. The molecule has 0 aliphatic heterocycles. The van der Waals surface area contributed by atoms with E-state index in [4.69, 9.17) is 14.2 Å². The SMILES string of the molecule is CCCCC/C=C\C/C=C\C/C=C\C/C=C\CCCCCC(=O)OC[C@@H](COC(=O)CCCCCCCCCCCCCCCC)OC(=O)CCCCCCC/C=C\CCCCCCC. The van der Waals surface area contributed by atoms with Crippen molar-refractivity contribution in [3.63, 3.8) is 0 Å². The highest BCUT2D eigenvalue weighted by atomic mass is 16.6. The maximum Gasteiger partial charge on any atom is 0.306 e. The Kier molecular flexibility index (Phi) is 51.3. The number of hydrogen-bond acceptors (Lipinski definition) is 6. The van der Waals surface area contributed by atoms with Gasteiger partial charge in [0, 0.05) is 19.3 Å². The maximum atomic E-state index is 12.8. The van der Waals surface area contributed by atoms with Gasteiger partial charge in [-0.3, -0.25) is 14.4 Å². The van der Waals surface area contributed by atoms with Crippen molar-refractivity contribution in [2.24, 2.45) is 0 Å². The Morgan fingerprint density at radius 1 is 0.308 bits per heavy atom. The monoisotopic (exact) mass is 909 g/mol. The molecule has 1 atom stereocenters. The van der Waals surface area contributed by atoms with Gasteiger partial charge in [-0.25, -0.2) is 0 Å². The highest BCUT2D eigenvalue weighted by Gasteiger charge is 2.19. The number of carbonyl (C=O) groups is 3. The summed E-state index contributed by atoms with van der Waals surface area (Å²) in [4.78, 5) is 38.1. The number of unbranched alkanes of at least 4 members (excludes halogenated alkanes) is 29. The van der Waals surface area contributed by atoms with E-state index >= 15 is 0 Å². The molecule has 0 rings (SSSR count). The summed E-state index contributed by atoms with van der Waals surface area (Å²) in [6.45, 7) is 6.59. The molecule has 6 nitrogen and oxygen atoms in total. The van der Waals surface area contributed by atoms with E-state index in [9.17, 15) is 14.4 Å². The topological polar surface area (TPSA) is 78.9 Å². The molecule has 65 heavy (non-hydrogen) atoms. The molecule has 0 radical (unpaired) electrons. The summed E-state index contributed by atoms with van der Waals surface area (Å²) < 4.78 is 16.8. The highest BCUT2D eigenvalue weighted by molar-refractivity contribution is 5.71. The van der Waals surface area contributed by atoms with Crippen LogP contribution in [0.2, 0.25) is 0 Å². The minimum atomic E-state index is -0.789. The number of carbonyl (C=O) groups excluding carboxylic acids is 3. The summed E-state index contributed by atoms with van der Waals surface area (Å²) in [7, 11) is 0. The third kappa shape index (κ3) is 51.9. The summed E-state index contributed by atoms with van der Waals surface area (Å²) in [6.07, 6.45) is 66.3. The molecule has 0 aromatic rings. The number of hydrogen-bond donors (Lipinski definition) is 0. The Morgan fingerprint density at radius 3 is 0.923 bits per heavy atom. The van der Waals surface area contributed by atoms with E-state index < -0.39 is 6.10 Å². The second-order valence-electron chi connectivity index (χ2n) is 18.5. The molecule has 0 bridgehead atoms. The predicted octanol–water partition coefficient (Wildman–Crippen LogP) is 18.4. The molecule has 0 aromatic carbocycles. The van der Waals surface area contributed by atoms with E-state index in [-0.39, 0.29) is 31.1 Å². The van der Waals surface area contributed by atoms with Crippen LogP contribution < -0.4 is 0 Å². The van der Waals surface area contributed by atoms with Crippen LogP contribution in [0.25, 0.3) is 0 Å². The lowest BCUT2D eigenvalue weighted by atomic mass is 10.0. The zero-order valence-corrected chi connectivity index (χ0v) is 43.0. The summed E-state index contributed by atoms with van der Waals surface area (Å²) in [5.41, 5.74) is 0. The molecule has 0 fully saturated rings. The van der Waals surface area contributed by atoms with Gasteiger partial charge in [-0.2, -0.15) is 0 Å². The van der Waals surface area contributed by atoms with Gasteiger partial charge in [-0.15, -0.1) is 0 Å². The molecule has 0 amide bonds. The first-order chi connectivity index (χ1) is 32.0. The lowest BCUT2D eigenvalue weighted by Gasteiger charge is -2.18. The van der Waals surface area contributed by atoms with Crippen LogP contribution in [0.3, 0.4) is 0 Å². The van der Waals surface area contributed by atoms with Gasteiger partial charge in [0.2, 0.25) is 0 Å². The zero-order valence-electron chi connectivity index (χ0n) is 43.0. The van der Waals surface area contributed by atoms with E-state index in [1.807, 2.05) is 0 Å². The Hall–Kier alpha value is -2.89. The lowest BCUT2D eigenvalue weighted by molar-refractivity contribution is -0.167. The number of ether oxygens (including phenoxy) is 3. The fourth-order valence-corrected chi connectivity index (χ4v) is 7.77. The van der Waals surface area contributed by atoms with Crippen LogP contribution in [0, 0.1) is 0 Å². The standard InChI is InChI=1S/C59H104O6/c1-4-7-10-13-16-19-22-25-28-29-30-31-32-35-37-40-43-46-49-52-58(61)64-55-56(65-59(62)53-50-47-44-41-38-34-27-24-21-18-15-12-9-6-3)54-63-57(60)51-48-45-42-39-36-33-26-23-20-17-14-11-8-5-2/h16,19,24-25,27-28,30-31,35,37,56H,4-15,17-18,20-23,26,29,32-34,36,38-55H2,1-3H3/b19-16-,27-24-,28-25-,31-30-,37-35-/t56-/m1/s1. The Bertz CT molecular complexity index is 1180. The van der Waals surface area contributed by atoms with Crippen molar-refractivity contribution in [1.29, 1.82) is 0 Å². The molecule has 6 heteroatoms. The van der Waals surface area contributed by atoms with Crippen LogP contribution >= 0.6 is 0 Å². The van der Waals surface area contributed by atoms with Gasteiger partial charge < -0.3 is 14.2 Å². The minimum Gasteiger partial charge on any atom is -0.462 e. The molecule has 376 valence electrons. The second kappa shape index (κ2) is 53.7. The Labute approximate surface area is 402 Å². The Morgan fingerprint density at radius 2 is 0.554 bits per heavy atom. The summed E-state index contributed by atoms with van der Waals surface area (Å²) in [5.74, 6) is -0.917. The average Bonchev–Trinajstić information content (AvgIpc) is 3.30. The van der Waals surface area contributed by atoms with Gasteiger partial charge >= 0.3 is 17.9 Å². The molecule has 0 spiro atoms. The van der Waals surface area contributed by atoms with Gasteiger partial charge in [-0.05, 0) is 89.9 Å². The first kappa shape index (κ1) is 62.1. The van der Waals surface area contributed by atoms with E-state index in [2.05, 4.69) is 81.5 Å².